The Hall–Kier alpha value is -0.700. The molecule has 0 aliphatic carbocycles. The lowest BCUT2D eigenvalue weighted by molar-refractivity contribution is -0.143. The molecule has 27 heavy (non-hydrogen) atoms. The van der Waals surface area contributed by atoms with Crippen LogP contribution in [0.5, 0.6) is 0 Å². The van der Waals surface area contributed by atoms with Crippen molar-refractivity contribution in [1.29, 1.82) is 0 Å². The highest BCUT2D eigenvalue weighted by atomic mass is 35.5. The van der Waals surface area contributed by atoms with Crippen LogP contribution in [0.4, 0.5) is 26.3 Å². The molecule has 0 saturated carbocycles. The molecule has 1 aliphatic heterocycles. The predicted molar refractivity (Wildman–Crippen MR) is 97.6 cm³/mol. The van der Waals surface area contributed by atoms with E-state index >= 15 is 0 Å². The van der Waals surface area contributed by atoms with E-state index in [1.54, 1.807) is 0 Å². The molecule has 1 aromatic rings. The lowest BCUT2D eigenvalue weighted by atomic mass is 9.80. The zero-order valence-corrected chi connectivity index (χ0v) is 16.8. The Morgan fingerprint density at radius 1 is 0.815 bits per heavy atom. The maximum Gasteiger partial charge on any atom is 0.416 e. The van der Waals surface area contributed by atoms with Crippen molar-refractivity contribution in [2.75, 3.05) is 26.2 Å². The minimum atomic E-state index is -4.83. The van der Waals surface area contributed by atoms with E-state index in [2.05, 4.69) is 5.32 Å². The van der Waals surface area contributed by atoms with E-state index in [9.17, 15) is 26.3 Å². The van der Waals surface area contributed by atoms with Gasteiger partial charge in [-0.1, -0.05) is 20.8 Å². The van der Waals surface area contributed by atoms with Gasteiger partial charge in [-0.3, -0.25) is 4.90 Å². The van der Waals surface area contributed by atoms with Crippen LogP contribution in [0.1, 0.15) is 43.5 Å². The molecule has 2 rings (SSSR count). The van der Waals surface area contributed by atoms with Gasteiger partial charge in [-0.05, 0) is 29.2 Å². The van der Waals surface area contributed by atoms with Crippen LogP contribution in [0.15, 0.2) is 18.2 Å². The van der Waals surface area contributed by atoms with Crippen LogP contribution in [0.3, 0.4) is 0 Å². The Morgan fingerprint density at radius 2 is 1.22 bits per heavy atom. The minimum Gasteiger partial charge on any atom is -0.314 e. The Kier molecular flexibility index (Phi) is 8.96. The van der Waals surface area contributed by atoms with Crippen molar-refractivity contribution in [1.82, 2.24) is 10.2 Å². The van der Waals surface area contributed by atoms with Crippen LogP contribution in [0.25, 0.3) is 0 Å². The number of piperazine rings is 1. The van der Waals surface area contributed by atoms with E-state index in [-0.39, 0.29) is 36.4 Å². The van der Waals surface area contributed by atoms with Crippen molar-refractivity contribution in [3.63, 3.8) is 0 Å². The van der Waals surface area contributed by atoms with Crippen molar-refractivity contribution < 1.29 is 26.3 Å². The molecule has 1 fully saturated rings. The van der Waals surface area contributed by atoms with Gasteiger partial charge in [-0.15, -0.1) is 24.8 Å². The molecule has 10 heteroatoms. The summed E-state index contributed by atoms with van der Waals surface area (Å²) < 4.78 is 78.9. The first-order chi connectivity index (χ1) is 11.3. The molecule has 0 aromatic heterocycles. The Morgan fingerprint density at radius 3 is 1.56 bits per heavy atom. The topological polar surface area (TPSA) is 15.3 Å². The highest BCUT2D eigenvalue weighted by molar-refractivity contribution is 5.85. The molecule has 158 valence electrons. The summed E-state index contributed by atoms with van der Waals surface area (Å²) in [5.41, 5.74) is -3.00. The van der Waals surface area contributed by atoms with Crippen LogP contribution >= 0.6 is 24.8 Å². The van der Waals surface area contributed by atoms with Crippen LogP contribution < -0.4 is 5.32 Å². The molecular weight excluding hydrogens is 417 g/mol. The molecule has 2 nitrogen and oxygen atoms in total. The van der Waals surface area contributed by atoms with Crippen molar-refractivity contribution >= 4 is 24.8 Å². The van der Waals surface area contributed by atoms with E-state index in [0.29, 0.717) is 26.2 Å². The Balaban J connectivity index is 0.00000338. The van der Waals surface area contributed by atoms with Crippen molar-refractivity contribution in [3.05, 3.63) is 34.9 Å². The van der Waals surface area contributed by atoms with Crippen molar-refractivity contribution in [3.8, 4) is 0 Å². The molecule has 0 radical (unpaired) electrons. The summed E-state index contributed by atoms with van der Waals surface area (Å²) in [5, 5.41) is 3.14. The van der Waals surface area contributed by atoms with Crippen LogP contribution in [-0.2, 0) is 12.4 Å². The average Bonchev–Trinajstić information content (AvgIpc) is 2.45. The zero-order chi connectivity index (χ0) is 19.0. The van der Waals surface area contributed by atoms with Gasteiger partial charge in [0, 0.05) is 32.2 Å². The number of halogens is 8. The lowest BCUT2D eigenvalue weighted by Crippen LogP contribution is -2.48. The summed E-state index contributed by atoms with van der Waals surface area (Å²) in [4.78, 5) is 1.95. The molecule has 1 aliphatic rings. The van der Waals surface area contributed by atoms with Crippen LogP contribution in [0.2, 0.25) is 0 Å². The highest BCUT2D eigenvalue weighted by Crippen LogP contribution is 2.43. The average molecular weight is 441 g/mol. The number of benzene rings is 1. The number of alkyl halides is 6. The van der Waals surface area contributed by atoms with Gasteiger partial charge in [-0.2, -0.15) is 26.3 Å². The van der Waals surface area contributed by atoms with Gasteiger partial charge in [0.15, 0.2) is 0 Å². The number of nitrogens with zero attached hydrogens (tertiary/aromatic N) is 1. The molecule has 1 N–H and O–H groups in total. The van der Waals surface area contributed by atoms with Gasteiger partial charge >= 0.3 is 12.4 Å². The second kappa shape index (κ2) is 9.20. The summed E-state index contributed by atoms with van der Waals surface area (Å²) in [6, 6.07) is 1.35. The second-order valence-electron chi connectivity index (χ2n) is 7.39. The largest absolute Gasteiger partial charge is 0.416 e. The first kappa shape index (κ1) is 26.3. The maximum atomic E-state index is 13.1. The van der Waals surface area contributed by atoms with Gasteiger partial charge in [-0.25, -0.2) is 0 Å². The van der Waals surface area contributed by atoms with Gasteiger partial charge < -0.3 is 5.32 Å². The minimum absolute atomic E-state index is 0. The normalized spacial score (nSPS) is 17.7. The Labute approximate surface area is 167 Å². The van der Waals surface area contributed by atoms with Gasteiger partial charge in [0.05, 0.1) is 11.1 Å². The molecule has 0 bridgehead atoms. The predicted octanol–water partition coefficient (Wildman–Crippen LogP) is 5.56. The van der Waals surface area contributed by atoms with E-state index in [4.69, 9.17) is 0 Å². The Bertz CT molecular complexity index is 573. The summed E-state index contributed by atoms with van der Waals surface area (Å²) in [5.74, 6) is 0. The van der Waals surface area contributed by atoms with Gasteiger partial charge in [0.25, 0.3) is 0 Å². The van der Waals surface area contributed by atoms with E-state index in [1.807, 2.05) is 25.7 Å². The zero-order valence-electron chi connectivity index (χ0n) is 15.2. The fourth-order valence-corrected chi connectivity index (χ4v) is 3.34. The molecule has 0 spiro atoms. The molecule has 0 unspecified atom stereocenters. The highest BCUT2D eigenvalue weighted by Gasteiger charge is 2.40. The van der Waals surface area contributed by atoms with Crippen LogP contribution in [0, 0.1) is 5.41 Å². The van der Waals surface area contributed by atoms with Gasteiger partial charge in [0.1, 0.15) is 0 Å². The number of rotatable bonds is 2. The molecule has 1 atom stereocenters. The summed E-state index contributed by atoms with van der Waals surface area (Å²) in [6.07, 6.45) is -9.66. The third-order valence-corrected chi connectivity index (χ3v) is 4.26. The standard InChI is InChI=1S/C17H22F6N2.2ClH/c1-15(2,3)14(25-6-4-24-5-7-25)11-8-12(16(18,19)20)10-13(9-11)17(21,22)23;;/h8-10,14,24H,4-7H2,1-3H3;2*1H/t14-;;/m1../s1. The first-order valence-electron chi connectivity index (χ1n) is 8.04. The number of hydrogen-bond acceptors (Lipinski definition) is 2. The number of hydrogen-bond donors (Lipinski definition) is 1. The monoisotopic (exact) mass is 440 g/mol. The smallest absolute Gasteiger partial charge is 0.314 e. The molecule has 1 aromatic carbocycles. The van der Waals surface area contributed by atoms with Gasteiger partial charge in [0.2, 0.25) is 0 Å². The van der Waals surface area contributed by atoms with E-state index in [1.165, 1.54) is 0 Å². The fraction of sp³-hybridized carbons (Fsp3) is 0.647. The maximum absolute atomic E-state index is 13.1. The summed E-state index contributed by atoms with van der Waals surface area (Å²) >= 11 is 0. The summed E-state index contributed by atoms with van der Waals surface area (Å²) in [6.45, 7) is 7.92. The summed E-state index contributed by atoms with van der Waals surface area (Å²) in [7, 11) is 0. The first-order valence-corrected chi connectivity index (χ1v) is 8.04. The third kappa shape index (κ3) is 6.69. The van der Waals surface area contributed by atoms with E-state index in [0.717, 1.165) is 12.1 Å². The van der Waals surface area contributed by atoms with Crippen molar-refractivity contribution in [2.24, 2.45) is 5.41 Å². The molecular formula is C17H24Cl2F6N2. The molecule has 0 amide bonds. The SMILES string of the molecule is CC(C)(C)[C@@H](c1cc(C(F)(F)F)cc(C(F)(F)F)c1)N1CCNCC1.Cl.Cl. The third-order valence-electron chi connectivity index (χ3n) is 4.26. The fourth-order valence-electron chi connectivity index (χ4n) is 3.34. The molecule has 1 heterocycles. The van der Waals surface area contributed by atoms with Crippen LogP contribution in [-0.4, -0.2) is 31.1 Å². The number of nitrogens with one attached hydrogen (secondary N) is 1. The second-order valence-corrected chi connectivity index (χ2v) is 7.39. The molecule has 1 saturated heterocycles. The van der Waals surface area contributed by atoms with Crippen molar-refractivity contribution in [2.45, 2.75) is 39.2 Å². The van der Waals surface area contributed by atoms with E-state index < -0.39 is 34.9 Å². The quantitative estimate of drug-likeness (QED) is 0.605. The lowest BCUT2D eigenvalue weighted by Gasteiger charge is -2.43.